The van der Waals surface area contributed by atoms with Gasteiger partial charge in [-0.1, -0.05) is 0 Å². The first-order chi connectivity index (χ1) is 8.99. The molecule has 0 unspecified atom stereocenters. The van der Waals surface area contributed by atoms with Crippen molar-refractivity contribution < 1.29 is 19.1 Å². The highest BCUT2D eigenvalue weighted by Crippen LogP contribution is 2.17. The number of hydrogen-bond acceptors (Lipinski definition) is 6. The Labute approximate surface area is 125 Å². The van der Waals surface area contributed by atoms with Gasteiger partial charge in [0.15, 0.2) is 5.69 Å². The van der Waals surface area contributed by atoms with E-state index in [-0.39, 0.29) is 17.4 Å². The molecule has 0 amide bonds. The molecular weight excluding hydrogens is 272 g/mol. The van der Waals surface area contributed by atoms with Gasteiger partial charge in [0.1, 0.15) is 11.2 Å². The van der Waals surface area contributed by atoms with Crippen molar-refractivity contribution in [2.24, 2.45) is 0 Å². The fourth-order valence-corrected chi connectivity index (χ4v) is 1.39. The summed E-state index contributed by atoms with van der Waals surface area (Å²) in [6.07, 6.45) is 1.44. The van der Waals surface area contributed by atoms with Crippen molar-refractivity contribution >= 4 is 11.9 Å². The van der Waals surface area contributed by atoms with Gasteiger partial charge in [0, 0.05) is 6.20 Å². The van der Waals surface area contributed by atoms with Crippen LogP contribution < -0.4 is 6.15 Å². The molecule has 0 saturated heterocycles. The zero-order valence-corrected chi connectivity index (χ0v) is 13.5. The van der Waals surface area contributed by atoms with E-state index < -0.39 is 23.1 Å². The summed E-state index contributed by atoms with van der Waals surface area (Å²) < 4.78 is 10.5. The first kappa shape index (κ1) is 19.1. The molecule has 0 aliphatic heterocycles. The minimum atomic E-state index is -0.653. The van der Waals surface area contributed by atoms with E-state index in [0.717, 1.165) is 0 Å². The standard InChI is InChI=1S/C15H21NO4.H3N/c1-14(2,3)19-12(17)10-8-7-9-16-11(10)13(18)20-15(4,5)6;/h7-9H,1-6H3;1H3. The van der Waals surface area contributed by atoms with Crippen molar-refractivity contribution in [2.45, 2.75) is 52.7 Å². The van der Waals surface area contributed by atoms with Crippen LogP contribution in [-0.4, -0.2) is 28.1 Å². The van der Waals surface area contributed by atoms with E-state index in [1.165, 1.54) is 12.3 Å². The van der Waals surface area contributed by atoms with Crippen LogP contribution in [0.25, 0.3) is 0 Å². The number of pyridine rings is 1. The van der Waals surface area contributed by atoms with Gasteiger partial charge in [-0.25, -0.2) is 14.6 Å². The lowest BCUT2D eigenvalue weighted by Crippen LogP contribution is -2.28. The van der Waals surface area contributed by atoms with Crippen LogP contribution in [0.4, 0.5) is 0 Å². The average molecular weight is 296 g/mol. The van der Waals surface area contributed by atoms with Gasteiger partial charge in [0.2, 0.25) is 0 Å². The highest BCUT2D eigenvalue weighted by molar-refractivity contribution is 6.01. The Morgan fingerprint density at radius 1 is 0.952 bits per heavy atom. The number of carbonyl (C=O) groups is 2. The average Bonchev–Trinajstić information content (AvgIpc) is 2.24. The van der Waals surface area contributed by atoms with Crippen molar-refractivity contribution in [3.63, 3.8) is 0 Å². The molecule has 21 heavy (non-hydrogen) atoms. The van der Waals surface area contributed by atoms with E-state index in [9.17, 15) is 9.59 Å². The second-order valence-electron chi connectivity index (χ2n) is 6.40. The third kappa shape index (κ3) is 6.35. The topological polar surface area (TPSA) is 100 Å². The van der Waals surface area contributed by atoms with E-state index in [0.29, 0.717) is 0 Å². The first-order valence-corrected chi connectivity index (χ1v) is 6.41. The highest BCUT2D eigenvalue weighted by Gasteiger charge is 2.26. The number of hydrogen-bond donors (Lipinski definition) is 1. The molecule has 0 aliphatic carbocycles. The van der Waals surface area contributed by atoms with Gasteiger partial charge in [-0.05, 0) is 53.7 Å². The predicted octanol–water partition coefficient (Wildman–Crippen LogP) is 3.15. The SMILES string of the molecule is CC(C)(C)OC(=O)c1cccnc1C(=O)OC(C)(C)C.N. The van der Waals surface area contributed by atoms with Crippen molar-refractivity contribution in [3.05, 3.63) is 29.6 Å². The molecule has 0 atom stereocenters. The molecule has 0 aromatic carbocycles. The largest absolute Gasteiger partial charge is 0.456 e. The van der Waals surface area contributed by atoms with Crippen LogP contribution >= 0.6 is 0 Å². The molecule has 0 spiro atoms. The van der Waals surface area contributed by atoms with E-state index in [1.54, 1.807) is 47.6 Å². The van der Waals surface area contributed by atoms with Crippen molar-refractivity contribution in [3.8, 4) is 0 Å². The van der Waals surface area contributed by atoms with Gasteiger partial charge >= 0.3 is 11.9 Å². The molecule has 3 N–H and O–H groups in total. The van der Waals surface area contributed by atoms with Gasteiger partial charge < -0.3 is 15.6 Å². The molecule has 118 valence electrons. The summed E-state index contributed by atoms with van der Waals surface area (Å²) in [6, 6.07) is 3.08. The fourth-order valence-electron chi connectivity index (χ4n) is 1.39. The zero-order chi connectivity index (χ0) is 15.6. The lowest BCUT2D eigenvalue weighted by molar-refractivity contribution is 0.00133. The molecule has 0 bridgehead atoms. The lowest BCUT2D eigenvalue weighted by Gasteiger charge is -2.22. The van der Waals surface area contributed by atoms with Gasteiger partial charge in [0.05, 0.1) is 5.56 Å². The number of ether oxygens (including phenoxy) is 2. The maximum atomic E-state index is 12.1. The molecule has 6 nitrogen and oxygen atoms in total. The van der Waals surface area contributed by atoms with Gasteiger partial charge in [-0.2, -0.15) is 0 Å². The van der Waals surface area contributed by atoms with Crippen LogP contribution in [0, 0.1) is 0 Å². The number of esters is 2. The zero-order valence-electron chi connectivity index (χ0n) is 13.5. The molecule has 1 aromatic heterocycles. The van der Waals surface area contributed by atoms with Crippen LogP contribution in [-0.2, 0) is 9.47 Å². The summed E-state index contributed by atoms with van der Waals surface area (Å²) in [5.74, 6) is -1.23. The summed E-state index contributed by atoms with van der Waals surface area (Å²) >= 11 is 0. The Bertz CT molecular complexity index is 466. The molecule has 6 heteroatoms. The summed E-state index contributed by atoms with van der Waals surface area (Å²) in [4.78, 5) is 28.1. The van der Waals surface area contributed by atoms with Gasteiger partial charge in [0.25, 0.3) is 0 Å². The summed E-state index contributed by atoms with van der Waals surface area (Å²) in [5.41, 5.74) is -1.22. The number of aromatic nitrogens is 1. The first-order valence-electron chi connectivity index (χ1n) is 6.41. The Kier molecular flexibility index (Phi) is 6.05. The molecule has 1 rings (SSSR count). The number of rotatable bonds is 2. The Balaban J connectivity index is 0.00000400. The van der Waals surface area contributed by atoms with Gasteiger partial charge in [-0.3, -0.25) is 0 Å². The van der Waals surface area contributed by atoms with Crippen LogP contribution in [0.1, 0.15) is 62.4 Å². The minimum absolute atomic E-state index is 0. The third-order valence-corrected chi connectivity index (χ3v) is 2.02. The van der Waals surface area contributed by atoms with E-state index in [1.807, 2.05) is 0 Å². The van der Waals surface area contributed by atoms with Crippen molar-refractivity contribution in [2.75, 3.05) is 0 Å². The molecule has 0 radical (unpaired) electrons. The van der Waals surface area contributed by atoms with E-state index in [4.69, 9.17) is 9.47 Å². The van der Waals surface area contributed by atoms with Crippen LogP contribution in [0.15, 0.2) is 18.3 Å². The van der Waals surface area contributed by atoms with Crippen LogP contribution in [0.3, 0.4) is 0 Å². The Morgan fingerprint density at radius 2 is 1.43 bits per heavy atom. The van der Waals surface area contributed by atoms with Gasteiger partial charge in [-0.15, -0.1) is 0 Å². The number of carbonyl (C=O) groups excluding carboxylic acids is 2. The molecule has 0 fully saturated rings. The normalized spacial score (nSPS) is 11.3. The summed E-state index contributed by atoms with van der Waals surface area (Å²) in [7, 11) is 0. The summed E-state index contributed by atoms with van der Waals surface area (Å²) in [6.45, 7) is 10.5. The third-order valence-electron chi connectivity index (χ3n) is 2.02. The Morgan fingerprint density at radius 3 is 1.90 bits per heavy atom. The quantitative estimate of drug-likeness (QED) is 0.841. The second kappa shape index (κ2) is 6.67. The fraction of sp³-hybridized carbons (Fsp3) is 0.533. The molecule has 1 heterocycles. The molecule has 0 saturated carbocycles. The van der Waals surface area contributed by atoms with Crippen molar-refractivity contribution in [1.82, 2.24) is 11.1 Å². The maximum absolute atomic E-state index is 12.1. The molecule has 1 aromatic rings. The van der Waals surface area contributed by atoms with Crippen LogP contribution in [0.2, 0.25) is 0 Å². The second-order valence-corrected chi connectivity index (χ2v) is 6.40. The monoisotopic (exact) mass is 296 g/mol. The summed E-state index contributed by atoms with van der Waals surface area (Å²) in [5, 5.41) is 0. The molecule has 0 aliphatic rings. The van der Waals surface area contributed by atoms with Crippen molar-refractivity contribution in [1.29, 1.82) is 0 Å². The smallest absolute Gasteiger partial charge is 0.358 e. The van der Waals surface area contributed by atoms with Crippen LogP contribution in [0.5, 0.6) is 0 Å². The Hall–Kier alpha value is -1.95. The highest BCUT2D eigenvalue weighted by atomic mass is 16.6. The lowest BCUT2D eigenvalue weighted by atomic mass is 10.1. The van der Waals surface area contributed by atoms with E-state index >= 15 is 0 Å². The van der Waals surface area contributed by atoms with E-state index in [2.05, 4.69) is 4.98 Å². The minimum Gasteiger partial charge on any atom is -0.456 e. The number of nitrogens with zero attached hydrogens (tertiary/aromatic N) is 1. The molecular formula is C15H24N2O4. The predicted molar refractivity (Wildman–Crippen MR) is 79.6 cm³/mol. The maximum Gasteiger partial charge on any atom is 0.358 e.